The lowest BCUT2D eigenvalue weighted by Gasteiger charge is -2.42. The lowest BCUT2D eigenvalue weighted by Crippen LogP contribution is -2.36. The van der Waals surface area contributed by atoms with Crippen LogP contribution in [0.4, 0.5) is 0 Å². The van der Waals surface area contributed by atoms with Crippen molar-refractivity contribution in [2.24, 2.45) is 16.6 Å². The molecule has 1 rings (SSSR count). The van der Waals surface area contributed by atoms with Gasteiger partial charge < -0.3 is 5.73 Å². The first-order chi connectivity index (χ1) is 5.54. The molecule has 0 unspecified atom stereocenters. The molecule has 1 saturated carbocycles. The molecular formula is C11H23N. The summed E-state index contributed by atoms with van der Waals surface area (Å²) < 4.78 is 0. The third-order valence-electron chi connectivity index (χ3n) is 3.85. The van der Waals surface area contributed by atoms with Crippen LogP contribution in [-0.4, -0.2) is 6.54 Å². The molecule has 1 aliphatic carbocycles. The number of hydrogen-bond donors (Lipinski definition) is 1. The average molecular weight is 169 g/mol. The van der Waals surface area contributed by atoms with Gasteiger partial charge in [-0.05, 0) is 49.5 Å². The van der Waals surface area contributed by atoms with Gasteiger partial charge >= 0.3 is 0 Å². The van der Waals surface area contributed by atoms with Gasteiger partial charge in [0.15, 0.2) is 0 Å². The highest BCUT2D eigenvalue weighted by molar-refractivity contribution is 4.88. The van der Waals surface area contributed by atoms with Crippen molar-refractivity contribution in [3.8, 4) is 0 Å². The Balaban J connectivity index is 2.53. The lowest BCUT2D eigenvalue weighted by atomic mass is 9.64. The van der Waals surface area contributed by atoms with Gasteiger partial charge in [0.05, 0.1) is 0 Å². The van der Waals surface area contributed by atoms with Crippen LogP contribution in [0.25, 0.3) is 0 Å². The molecule has 1 aliphatic rings. The number of nitrogens with two attached hydrogens (primary N) is 1. The van der Waals surface area contributed by atoms with Crippen LogP contribution in [0, 0.1) is 10.8 Å². The van der Waals surface area contributed by atoms with E-state index in [-0.39, 0.29) is 0 Å². The standard InChI is InChI=1S/C11H23N/c1-4-11(9-12)7-5-10(2,3)6-8-11/h4-9,12H2,1-3H3. The maximum atomic E-state index is 5.84. The molecule has 72 valence electrons. The highest BCUT2D eigenvalue weighted by Crippen LogP contribution is 2.46. The largest absolute Gasteiger partial charge is 0.330 e. The van der Waals surface area contributed by atoms with Crippen molar-refractivity contribution in [3.63, 3.8) is 0 Å². The fourth-order valence-corrected chi connectivity index (χ4v) is 2.16. The Morgan fingerprint density at radius 1 is 1.08 bits per heavy atom. The zero-order chi connectivity index (χ0) is 9.24. The number of hydrogen-bond acceptors (Lipinski definition) is 1. The molecule has 0 atom stereocenters. The van der Waals surface area contributed by atoms with Crippen LogP contribution in [-0.2, 0) is 0 Å². The topological polar surface area (TPSA) is 26.0 Å². The van der Waals surface area contributed by atoms with Crippen LogP contribution < -0.4 is 5.73 Å². The molecule has 12 heavy (non-hydrogen) atoms. The van der Waals surface area contributed by atoms with E-state index >= 15 is 0 Å². The lowest BCUT2D eigenvalue weighted by molar-refractivity contribution is 0.104. The van der Waals surface area contributed by atoms with Gasteiger partial charge in [-0.15, -0.1) is 0 Å². The predicted octanol–water partition coefficient (Wildman–Crippen LogP) is 2.94. The van der Waals surface area contributed by atoms with Crippen molar-refractivity contribution < 1.29 is 0 Å². The van der Waals surface area contributed by atoms with Gasteiger partial charge in [-0.1, -0.05) is 20.8 Å². The molecule has 0 heterocycles. The van der Waals surface area contributed by atoms with E-state index in [0.29, 0.717) is 10.8 Å². The Kier molecular flexibility index (Phi) is 2.82. The summed E-state index contributed by atoms with van der Waals surface area (Å²) in [6.45, 7) is 7.93. The van der Waals surface area contributed by atoms with E-state index < -0.39 is 0 Å². The SMILES string of the molecule is CCC1(CN)CCC(C)(C)CC1. The normalized spacial score (nSPS) is 27.0. The minimum absolute atomic E-state index is 0.496. The van der Waals surface area contributed by atoms with Crippen LogP contribution in [0.2, 0.25) is 0 Å². The van der Waals surface area contributed by atoms with Crippen molar-refractivity contribution in [2.75, 3.05) is 6.54 Å². The molecule has 0 aliphatic heterocycles. The summed E-state index contributed by atoms with van der Waals surface area (Å²) in [4.78, 5) is 0. The molecule has 1 nitrogen and oxygen atoms in total. The van der Waals surface area contributed by atoms with E-state index in [2.05, 4.69) is 20.8 Å². The summed E-state index contributed by atoms with van der Waals surface area (Å²) in [5.41, 5.74) is 6.91. The molecule has 0 bridgehead atoms. The Hall–Kier alpha value is -0.0400. The van der Waals surface area contributed by atoms with E-state index in [9.17, 15) is 0 Å². The van der Waals surface area contributed by atoms with Crippen molar-refractivity contribution in [3.05, 3.63) is 0 Å². The van der Waals surface area contributed by atoms with Gasteiger partial charge in [0.1, 0.15) is 0 Å². The smallest absolute Gasteiger partial charge is 0.00206 e. The molecule has 2 N–H and O–H groups in total. The first-order valence-electron chi connectivity index (χ1n) is 5.24. The predicted molar refractivity (Wildman–Crippen MR) is 54.0 cm³/mol. The summed E-state index contributed by atoms with van der Waals surface area (Å²) in [7, 11) is 0. The highest BCUT2D eigenvalue weighted by Gasteiger charge is 2.35. The van der Waals surface area contributed by atoms with Gasteiger partial charge in [-0.25, -0.2) is 0 Å². The molecule has 0 aromatic carbocycles. The minimum Gasteiger partial charge on any atom is -0.330 e. The monoisotopic (exact) mass is 169 g/mol. The van der Waals surface area contributed by atoms with E-state index in [1.54, 1.807) is 0 Å². The minimum atomic E-state index is 0.496. The Labute approximate surface area is 76.7 Å². The average Bonchev–Trinajstić information content (AvgIpc) is 2.06. The summed E-state index contributed by atoms with van der Waals surface area (Å²) in [6, 6.07) is 0. The van der Waals surface area contributed by atoms with Gasteiger partial charge in [0, 0.05) is 0 Å². The fourth-order valence-electron chi connectivity index (χ4n) is 2.16. The van der Waals surface area contributed by atoms with Crippen molar-refractivity contribution in [1.82, 2.24) is 0 Å². The van der Waals surface area contributed by atoms with Crippen LogP contribution in [0.15, 0.2) is 0 Å². The maximum absolute atomic E-state index is 5.84. The second kappa shape index (κ2) is 3.37. The van der Waals surface area contributed by atoms with Crippen LogP contribution in [0.1, 0.15) is 52.9 Å². The summed E-state index contributed by atoms with van der Waals surface area (Å²) >= 11 is 0. The first kappa shape index (κ1) is 10.0. The zero-order valence-corrected chi connectivity index (χ0v) is 8.82. The van der Waals surface area contributed by atoms with Crippen molar-refractivity contribution >= 4 is 0 Å². The Bertz CT molecular complexity index is 133. The van der Waals surface area contributed by atoms with Gasteiger partial charge in [-0.3, -0.25) is 0 Å². The summed E-state index contributed by atoms with van der Waals surface area (Å²) in [5, 5.41) is 0. The van der Waals surface area contributed by atoms with Gasteiger partial charge in [0.2, 0.25) is 0 Å². The van der Waals surface area contributed by atoms with Crippen molar-refractivity contribution in [2.45, 2.75) is 52.9 Å². The molecule has 0 radical (unpaired) electrons. The van der Waals surface area contributed by atoms with Crippen molar-refractivity contribution in [1.29, 1.82) is 0 Å². The van der Waals surface area contributed by atoms with E-state index in [1.807, 2.05) is 0 Å². The first-order valence-corrected chi connectivity index (χ1v) is 5.24. The fraction of sp³-hybridized carbons (Fsp3) is 1.00. The van der Waals surface area contributed by atoms with Gasteiger partial charge in [0.25, 0.3) is 0 Å². The second-order valence-electron chi connectivity index (χ2n) is 5.22. The zero-order valence-electron chi connectivity index (χ0n) is 8.82. The Morgan fingerprint density at radius 2 is 1.58 bits per heavy atom. The number of rotatable bonds is 2. The van der Waals surface area contributed by atoms with Crippen LogP contribution in [0.3, 0.4) is 0 Å². The summed E-state index contributed by atoms with van der Waals surface area (Å²) in [5.74, 6) is 0. The molecule has 1 fully saturated rings. The highest BCUT2D eigenvalue weighted by atomic mass is 14.6. The third kappa shape index (κ3) is 2.01. The molecular weight excluding hydrogens is 146 g/mol. The molecule has 0 spiro atoms. The van der Waals surface area contributed by atoms with E-state index in [4.69, 9.17) is 5.73 Å². The molecule has 0 saturated heterocycles. The second-order valence-corrected chi connectivity index (χ2v) is 5.22. The van der Waals surface area contributed by atoms with E-state index in [1.165, 1.54) is 32.1 Å². The quantitative estimate of drug-likeness (QED) is 0.675. The van der Waals surface area contributed by atoms with Gasteiger partial charge in [-0.2, -0.15) is 0 Å². The van der Waals surface area contributed by atoms with Crippen LogP contribution >= 0.6 is 0 Å². The summed E-state index contributed by atoms with van der Waals surface area (Å²) in [6.07, 6.45) is 6.66. The molecule has 0 aromatic heterocycles. The Morgan fingerprint density at radius 3 is 1.92 bits per heavy atom. The molecule has 0 amide bonds. The third-order valence-corrected chi connectivity index (χ3v) is 3.85. The molecule has 0 aromatic rings. The van der Waals surface area contributed by atoms with E-state index in [0.717, 1.165) is 6.54 Å². The van der Waals surface area contributed by atoms with Crippen LogP contribution in [0.5, 0.6) is 0 Å². The maximum Gasteiger partial charge on any atom is -0.00206 e. The molecule has 1 heteroatoms.